The Kier molecular flexibility index (Phi) is 8.49. The number of nitrogens with one attached hydrogen (secondary N) is 4. The molecule has 1 fully saturated rings. The van der Waals surface area contributed by atoms with Crippen molar-refractivity contribution in [3.8, 4) is 5.69 Å². The van der Waals surface area contributed by atoms with Gasteiger partial charge in [-0.3, -0.25) is 14.3 Å². The number of halogens is 3. The van der Waals surface area contributed by atoms with E-state index in [1.807, 2.05) is 0 Å². The molecule has 1 aliphatic rings. The molecule has 0 spiro atoms. The van der Waals surface area contributed by atoms with Crippen molar-refractivity contribution in [2.24, 2.45) is 0 Å². The average molecular weight is 584 g/mol. The number of urea groups is 1. The van der Waals surface area contributed by atoms with Crippen LogP contribution in [-0.2, 0) is 10.9 Å². The summed E-state index contributed by atoms with van der Waals surface area (Å²) in [5, 5.41) is 10.6. The number of anilines is 3. The van der Waals surface area contributed by atoms with Crippen molar-refractivity contribution in [3.05, 3.63) is 66.2 Å². The van der Waals surface area contributed by atoms with Crippen molar-refractivity contribution in [2.75, 3.05) is 62.4 Å². The van der Waals surface area contributed by atoms with Crippen LogP contribution in [0.5, 0.6) is 0 Å². The van der Waals surface area contributed by atoms with Crippen molar-refractivity contribution < 1.29 is 27.5 Å². The van der Waals surface area contributed by atoms with Gasteiger partial charge in [-0.05, 0) is 42.5 Å². The number of carbonyl (C=O) groups excluding carboxylic acids is 2. The van der Waals surface area contributed by atoms with Gasteiger partial charge in [-0.15, -0.1) is 0 Å². The van der Waals surface area contributed by atoms with Crippen molar-refractivity contribution in [2.45, 2.75) is 6.18 Å². The number of morpholine rings is 1. The predicted molar refractivity (Wildman–Crippen MR) is 150 cm³/mol. The number of hydrogen-bond donors (Lipinski definition) is 4. The van der Waals surface area contributed by atoms with Gasteiger partial charge in [-0.25, -0.2) is 19.7 Å². The molecule has 0 unspecified atom stereocenters. The molecule has 2 aromatic carbocycles. The summed E-state index contributed by atoms with van der Waals surface area (Å²) in [5.41, 5.74) is 0.823. The van der Waals surface area contributed by atoms with E-state index in [1.165, 1.54) is 12.4 Å². The summed E-state index contributed by atoms with van der Waals surface area (Å²) in [4.78, 5) is 40.2. The van der Waals surface area contributed by atoms with Gasteiger partial charge in [0.05, 0.1) is 18.8 Å². The molecule has 3 amide bonds. The number of ether oxygens (including phenoxy) is 1. The average Bonchev–Trinajstić information content (AvgIpc) is 3.42. The highest BCUT2D eigenvalue weighted by molar-refractivity contribution is 6.01. The maximum absolute atomic E-state index is 13.6. The molecule has 1 saturated heterocycles. The summed E-state index contributed by atoms with van der Waals surface area (Å²) in [6.07, 6.45) is -1.70. The van der Waals surface area contributed by atoms with E-state index >= 15 is 0 Å². The summed E-state index contributed by atoms with van der Waals surface area (Å²) in [5.74, 6) is -0.0931. The Bertz CT molecular complexity index is 1570. The second-order valence-electron chi connectivity index (χ2n) is 9.39. The third-order valence-corrected chi connectivity index (χ3v) is 6.57. The molecule has 1 aliphatic heterocycles. The molecule has 2 aromatic heterocycles. The number of carbonyl (C=O) groups is 2. The number of rotatable bonds is 8. The van der Waals surface area contributed by atoms with E-state index < -0.39 is 23.7 Å². The van der Waals surface area contributed by atoms with Crippen LogP contribution in [0.2, 0.25) is 0 Å². The molecule has 0 bridgehead atoms. The topological polar surface area (TPSA) is 138 Å². The van der Waals surface area contributed by atoms with Crippen LogP contribution in [0.4, 0.5) is 35.2 Å². The van der Waals surface area contributed by atoms with E-state index in [0.29, 0.717) is 48.1 Å². The lowest BCUT2D eigenvalue weighted by atomic mass is 10.1. The molecule has 5 rings (SSSR count). The maximum Gasteiger partial charge on any atom is 0.416 e. The first-order chi connectivity index (χ1) is 20.2. The summed E-state index contributed by atoms with van der Waals surface area (Å²) < 4.78 is 47.8. The number of alkyl halides is 3. The second kappa shape index (κ2) is 12.4. The Morgan fingerprint density at radius 1 is 0.976 bits per heavy atom. The molecule has 4 aromatic rings. The van der Waals surface area contributed by atoms with Crippen LogP contribution in [0.3, 0.4) is 0 Å². The Morgan fingerprint density at radius 3 is 2.43 bits per heavy atom. The minimum atomic E-state index is -4.72. The zero-order valence-corrected chi connectivity index (χ0v) is 22.5. The number of amides is 3. The third-order valence-electron chi connectivity index (χ3n) is 6.57. The maximum atomic E-state index is 13.6. The molecule has 0 radical (unpaired) electrons. The lowest BCUT2D eigenvalue weighted by Crippen LogP contribution is -2.41. The van der Waals surface area contributed by atoms with Gasteiger partial charge in [0.1, 0.15) is 12.7 Å². The molecular formula is C27H28F3N9O3. The molecule has 220 valence electrons. The van der Waals surface area contributed by atoms with Crippen LogP contribution in [0.25, 0.3) is 16.9 Å². The van der Waals surface area contributed by atoms with Gasteiger partial charge in [0.15, 0.2) is 17.0 Å². The minimum Gasteiger partial charge on any atom is -0.379 e. The molecular weight excluding hydrogens is 555 g/mol. The smallest absolute Gasteiger partial charge is 0.379 e. The van der Waals surface area contributed by atoms with E-state index in [9.17, 15) is 22.8 Å². The fourth-order valence-corrected chi connectivity index (χ4v) is 4.45. The number of imidazole rings is 1. The largest absolute Gasteiger partial charge is 0.416 e. The fraction of sp³-hybridized carbons (Fsp3) is 0.296. The highest BCUT2D eigenvalue weighted by atomic mass is 19.4. The third kappa shape index (κ3) is 6.75. The van der Waals surface area contributed by atoms with Crippen LogP contribution < -0.4 is 21.3 Å². The van der Waals surface area contributed by atoms with Gasteiger partial charge in [-0.1, -0.05) is 0 Å². The summed E-state index contributed by atoms with van der Waals surface area (Å²) in [6, 6.07) is 8.66. The molecule has 15 heteroatoms. The van der Waals surface area contributed by atoms with E-state index in [1.54, 1.807) is 42.2 Å². The lowest BCUT2D eigenvalue weighted by Gasteiger charge is -2.26. The van der Waals surface area contributed by atoms with E-state index in [2.05, 4.69) is 41.1 Å². The first-order valence-electron chi connectivity index (χ1n) is 13.1. The molecule has 0 aliphatic carbocycles. The Balaban J connectivity index is 1.25. The second-order valence-corrected chi connectivity index (χ2v) is 9.39. The van der Waals surface area contributed by atoms with E-state index in [4.69, 9.17) is 4.74 Å². The number of nitrogens with zero attached hydrogens (tertiary/aromatic N) is 5. The van der Waals surface area contributed by atoms with Crippen LogP contribution in [0.1, 0.15) is 15.9 Å². The quantitative estimate of drug-likeness (QED) is 0.247. The number of hydrogen-bond acceptors (Lipinski definition) is 8. The van der Waals surface area contributed by atoms with Gasteiger partial charge >= 0.3 is 12.2 Å². The lowest BCUT2D eigenvalue weighted by molar-refractivity contribution is -0.137. The van der Waals surface area contributed by atoms with Crippen LogP contribution in [0.15, 0.2) is 55.1 Å². The number of benzene rings is 2. The first-order valence-corrected chi connectivity index (χ1v) is 13.1. The summed E-state index contributed by atoms with van der Waals surface area (Å²) in [6.45, 7) is 3.43. The predicted octanol–water partition coefficient (Wildman–Crippen LogP) is 3.58. The molecule has 3 heterocycles. The fourth-order valence-electron chi connectivity index (χ4n) is 4.45. The standard InChI is InChI=1S/C27H28F3N9O3/c1-31-23-22-24(34-15-33-23)39(16-35-22)21-4-2-19(3-5-21)36-26(41)37-20-13-17(12-18(14-20)27(28,29)30)25(40)32-6-7-38-8-10-42-11-9-38/h2-5,12-16H,6-11H2,1H3,(H,32,40)(H,31,33,34)(H2,36,37,41). The summed E-state index contributed by atoms with van der Waals surface area (Å²) >= 11 is 0. The van der Waals surface area contributed by atoms with Gasteiger partial charge in [0, 0.05) is 55.9 Å². The number of aromatic nitrogens is 4. The Hall–Kier alpha value is -4.76. The molecule has 0 saturated carbocycles. The highest BCUT2D eigenvalue weighted by Gasteiger charge is 2.32. The molecule has 4 N–H and O–H groups in total. The zero-order valence-electron chi connectivity index (χ0n) is 22.5. The molecule has 42 heavy (non-hydrogen) atoms. The van der Waals surface area contributed by atoms with Gasteiger partial charge in [0.25, 0.3) is 5.91 Å². The zero-order chi connectivity index (χ0) is 29.7. The molecule has 12 nitrogen and oxygen atoms in total. The van der Waals surface area contributed by atoms with Crippen molar-refractivity contribution >= 4 is 40.3 Å². The minimum absolute atomic E-state index is 0.179. The first kappa shape index (κ1) is 28.8. The Morgan fingerprint density at radius 2 is 1.71 bits per heavy atom. The number of fused-ring (bicyclic) bond motifs is 1. The van der Waals surface area contributed by atoms with Gasteiger partial charge in [-0.2, -0.15) is 13.2 Å². The summed E-state index contributed by atoms with van der Waals surface area (Å²) in [7, 11) is 1.73. The van der Waals surface area contributed by atoms with Crippen molar-refractivity contribution in [3.63, 3.8) is 0 Å². The van der Waals surface area contributed by atoms with E-state index in [-0.39, 0.29) is 17.8 Å². The SMILES string of the molecule is CNc1ncnc2c1ncn2-c1ccc(NC(=O)Nc2cc(C(=O)NCCN3CCOCC3)cc(C(F)(F)F)c2)cc1. The van der Waals surface area contributed by atoms with Crippen LogP contribution in [-0.4, -0.2) is 82.8 Å². The van der Waals surface area contributed by atoms with Crippen LogP contribution in [0, 0.1) is 0 Å². The normalized spacial score (nSPS) is 14.0. The highest BCUT2D eigenvalue weighted by Crippen LogP contribution is 2.32. The van der Waals surface area contributed by atoms with Crippen molar-refractivity contribution in [1.29, 1.82) is 0 Å². The Labute approximate surface area is 238 Å². The van der Waals surface area contributed by atoms with Gasteiger partial charge < -0.3 is 26.0 Å². The molecule has 0 atom stereocenters. The van der Waals surface area contributed by atoms with Crippen molar-refractivity contribution in [1.82, 2.24) is 29.7 Å². The van der Waals surface area contributed by atoms with Crippen LogP contribution >= 0.6 is 0 Å². The van der Waals surface area contributed by atoms with Gasteiger partial charge in [0.2, 0.25) is 0 Å². The van der Waals surface area contributed by atoms with E-state index in [0.717, 1.165) is 25.2 Å². The monoisotopic (exact) mass is 583 g/mol.